The summed E-state index contributed by atoms with van der Waals surface area (Å²) in [4.78, 5) is 0. The van der Waals surface area contributed by atoms with Crippen LogP contribution >= 0.6 is 0 Å². The van der Waals surface area contributed by atoms with E-state index in [0.717, 1.165) is 19.3 Å². The molecule has 0 saturated heterocycles. The smallest absolute Gasteiger partial charge is 0.0431 e. The molecule has 0 amide bonds. The van der Waals surface area contributed by atoms with E-state index in [-0.39, 0.29) is 29.1 Å². The number of aliphatic hydroxyl groups is 3. The van der Waals surface area contributed by atoms with Crippen molar-refractivity contribution in [2.24, 2.45) is 0 Å². The van der Waals surface area contributed by atoms with Crippen LogP contribution in [0.15, 0.2) is 0 Å². The summed E-state index contributed by atoms with van der Waals surface area (Å²) in [5.74, 6) is 0. The van der Waals surface area contributed by atoms with E-state index in [9.17, 15) is 0 Å². The van der Waals surface area contributed by atoms with Crippen LogP contribution in [0, 0.1) is 7.43 Å². The molecule has 0 aromatic rings. The maximum atomic E-state index is 8.47. The molecule has 0 unspecified atom stereocenters. The maximum Gasteiger partial charge on any atom is 0.0431 e. The molecule has 0 bridgehead atoms. The van der Waals surface area contributed by atoms with Gasteiger partial charge in [0.25, 0.3) is 0 Å². The summed E-state index contributed by atoms with van der Waals surface area (Å²) in [5, 5.41) is 25.4. The first-order valence-corrected chi connectivity index (χ1v) is 13.6. The Morgan fingerprint density at radius 3 is 0.625 bits per heavy atom. The van der Waals surface area contributed by atoms with E-state index >= 15 is 0 Å². The van der Waals surface area contributed by atoms with E-state index in [0.29, 0.717) is 19.8 Å². The molecule has 0 fully saturated rings. The van der Waals surface area contributed by atoms with Crippen LogP contribution in [0.25, 0.3) is 0 Å². The first-order chi connectivity index (χ1) is 14.7. The van der Waals surface area contributed by atoms with Gasteiger partial charge < -0.3 is 22.7 Å². The minimum atomic E-state index is 0. The molecule has 3 N–H and O–H groups in total. The zero-order chi connectivity index (χ0) is 23.0. The second-order valence-corrected chi connectivity index (χ2v) is 8.53. The Kier molecular flexibility index (Phi) is 65.3. The second kappa shape index (κ2) is 48.9. The van der Waals surface area contributed by atoms with Crippen molar-refractivity contribution in [3.05, 3.63) is 7.43 Å². The molecule has 0 rings (SSSR count). The van der Waals surface area contributed by atoms with Crippen molar-refractivity contribution >= 4 is 0 Å². The molecule has 198 valence electrons. The van der Waals surface area contributed by atoms with Gasteiger partial charge in [0, 0.05) is 41.5 Å². The number of rotatable bonds is 21. The summed E-state index contributed by atoms with van der Waals surface area (Å²) in [6.45, 7) is 7.80. The van der Waals surface area contributed by atoms with Gasteiger partial charge in [-0.15, -0.1) is 0 Å². The second-order valence-electron chi connectivity index (χ2n) is 8.53. The van der Waals surface area contributed by atoms with Gasteiger partial charge in [-0.25, -0.2) is 0 Å². The van der Waals surface area contributed by atoms with Crippen molar-refractivity contribution in [2.75, 3.05) is 19.8 Å². The first-order valence-electron chi connectivity index (χ1n) is 13.6. The molecular weight excluding hydrogens is 432 g/mol. The number of hydrogen-bond acceptors (Lipinski definition) is 3. The van der Waals surface area contributed by atoms with Gasteiger partial charge >= 0.3 is 0 Å². The number of aliphatic hydroxyl groups excluding tert-OH is 3. The minimum Gasteiger partial charge on any atom is -0.396 e. The topological polar surface area (TPSA) is 60.7 Å². The Morgan fingerprint density at radius 1 is 0.312 bits per heavy atom. The van der Waals surface area contributed by atoms with Crippen molar-refractivity contribution in [3.8, 4) is 0 Å². The van der Waals surface area contributed by atoms with Crippen LogP contribution in [0.2, 0.25) is 0 Å². The summed E-state index contributed by atoms with van der Waals surface area (Å²) >= 11 is 0. The van der Waals surface area contributed by atoms with Crippen molar-refractivity contribution in [1.82, 2.24) is 0 Å². The van der Waals surface area contributed by atoms with Gasteiger partial charge in [0.15, 0.2) is 0 Å². The third kappa shape index (κ3) is 57.5. The van der Waals surface area contributed by atoms with Crippen LogP contribution in [0.4, 0.5) is 0 Å². The van der Waals surface area contributed by atoms with Gasteiger partial charge in [-0.1, -0.05) is 136 Å². The average Bonchev–Trinajstić information content (AvgIpc) is 2.77. The number of hydrogen-bond donors (Lipinski definition) is 3. The van der Waals surface area contributed by atoms with Crippen molar-refractivity contribution in [1.29, 1.82) is 0 Å². The predicted octanol–water partition coefficient (Wildman–Crippen LogP) is 8.64. The monoisotopic (exact) mass is 495 g/mol. The quantitative estimate of drug-likeness (QED) is 0.0848. The summed E-state index contributed by atoms with van der Waals surface area (Å²) in [6, 6.07) is 0. The molecular formula is C28H63O3Ti-. The molecule has 0 saturated carbocycles. The van der Waals surface area contributed by atoms with Crippen LogP contribution in [0.1, 0.15) is 156 Å². The van der Waals surface area contributed by atoms with Crippen LogP contribution in [0.3, 0.4) is 0 Å². The zero-order valence-corrected chi connectivity index (χ0v) is 24.4. The molecule has 4 heteroatoms. The van der Waals surface area contributed by atoms with E-state index in [4.69, 9.17) is 15.3 Å². The van der Waals surface area contributed by atoms with Crippen LogP contribution in [-0.4, -0.2) is 35.1 Å². The molecule has 0 aromatic heterocycles. The number of unbranched alkanes of at least 4 members (excludes halogenated alkanes) is 18. The Hall–Kier alpha value is 0.594. The molecule has 0 spiro atoms. The summed E-state index contributed by atoms with van der Waals surface area (Å²) in [6.07, 6.45) is 26.8. The molecule has 0 heterocycles. The summed E-state index contributed by atoms with van der Waals surface area (Å²) in [5.41, 5.74) is 0. The van der Waals surface area contributed by atoms with E-state index in [1.807, 2.05) is 0 Å². The van der Waals surface area contributed by atoms with Crippen molar-refractivity contribution in [2.45, 2.75) is 156 Å². The Balaban J connectivity index is -0.000000110. The van der Waals surface area contributed by atoms with E-state index < -0.39 is 0 Å². The minimum absolute atomic E-state index is 0. The first kappa shape index (κ1) is 42.7. The van der Waals surface area contributed by atoms with Crippen LogP contribution in [0.5, 0.6) is 0 Å². The van der Waals surface area contributed by atoms with Gasteiger partial charge in [-0.05, 0) is 19.3 Å². The van der Waals surface area contributed by atoms with Gasteiger partial charge in [-0.2, -0.15) is 0 Å². The molecule has 0 aromatic carbocycles. The Bertz CT molecular complexity index is 179. The van der Waals surface area contributed by atoms with Crippen LogP contribution < -0.4 is 0 Å². The summed E-state index contributed by atoms with van der Waals surface area (Å²) in [7, 11) is 0. The SMILES string of the molecule is CCCCCCCCCO.CCCCCCCCCO.CCCCCCCCCO.[CH3-].[Ti]. The van der Waals surface area contributed by atoms with Gasteiger partial charge in [-0.3, -0.25) is 0 Å². The van der Waals surface area contributed by atoms with Crippen molar-refractivity contribution in [3.63, 3.8) is 0 Å². The molecule has 0 aliphatic rings. The molecule has 3 nitrogen and oxygen atoms in total. The van der Waals surface area contributed by atoms with Crippen molar-refractivity contribution < 1.29 is 37.0 Å². The van der Waals surface area contributed by atoms with E-state index in [1.54, 1.807) is 0 Å². The third-order valence-corrected chi connectivity index (χ3v) is 5.29. The fraction of sp³-hybridized carbons (Fsp3) is 0.964. The standard InChI is InChI=1S/3C9H20O.CH3.Ti/c3*1-2-3-4-5-6-7-8-9-10;;/h3*10H,2-9H2,1H3;1H3;/q;;;-1;. The molecule has 32 heavy (non-hydrogen) atoms. The molecule has 0 aliphatic heterocycles. The van der Waals surface area contributed by atoms with E-state index in [2.05, 4.69) is 20.8 Å². The Morgan fingerprint density at radius 2 is 0.469 bits per heavy atom. The third-order valence-electron chi connectivity index (χ3n) is 5.29. The van der Waals surface area contributed by atoms with E-state index in [1.165, 1.54) is 116 Å². The average molecular weight is 496 g/mol. The molecule has 0 radical (unpaired) electrons. The van der Waals surface area contributed by atoms with Gasteiger partial charge in [0.05, 0.1) is 0 Å². The molecule has 0 aliphatic carbocycles. The van der Waals surface area contributed by atoms with Gasteiger partial charge in [0.2, 0.25) is 0 Å². The summed E-state index contributed by atoms with van der Waals surface area (Å²) < 4.78 is 0. The predicted molar refractivity (Wildman–Crippen MR) is 142 cm³/mol. The Labute approximate surface area is 219 Å². The largest absolute Gasteiger partial charge is 0.396 e. The maximum absolute atomic E-state index is 8.47. The fourth-order valence-corrected chi connectivity index (χ4v) is 3.21. The normalized spacial score (nSPS) is 9.56. The zero-order valence-electron chi connectivity index (χ0n) is 22.8. The molecule has 0 atom stereocenters. The van der Waals surface area contributed by atoms with Crippen LogP contribution in [-0.2, 0) is 21.7 Å². The van der Waals surface area contributed by atoms with Gasteiger partial charge in [0.1, 0.15) is 0 Å². The fourth-order valence-electron chi connectivity index (χ4n) is 3.21.